The third-order valence-electron chi connectivity index (χ3n) is 3.63. The highest BCUT2D eigenvalue weighted by Gasteiger charge is 2.24. The van der Waals surface area contributed by atoms with Crippen molar-refractivity contribution in [2.75, 3.05) is 20.8 Å². The van der Waals surface area contributed by atoms with Crippen LogP contribution in [0, 0.1) is 0 Å². The molecule has 2 rings (SSSR count). The zero-order valence-corrected chi connectivity index (χ0v) is 12.2. The summed E-state index contributed by atoms with van der Waals surface area (Å²) < 4.78 is 10.6. The minimum absolute atomic E-state index is 0.115. The van der Waals surface area contributed by atoms with E-state index in [1.54, 1.807) is 14.2 Å². The number of rotatable bonds is 6. The van der Waals surface area contributed by atoms with E-state index in [4.69, 9.17) is 9.47 Å². The summed E-state index contributed by atoms with van der Waals surface area (Å²) in [5.74, 6) is 1.57. The Morgan fingerprint density at radius 3 is 2.65 bits per heavy atom. The van der Waals surface area contributed by atoms with Gasteiger partial charge in [-0.25, -0.2) is 0 Å². The second kappa shape index (κ2) is 6.61. The van der Waals surface area contributed by atoms with Gasteiger partial charge in [0.05, 0.1) is 14.2 Å². The van der Waals surface area contributed by atoms with E-state index >= 15 is 0 Å². The van der Waals surface area contributed by atoms with Gasteiger partial charge in [-0.15, -0.1) is 0 Å². The standard InChI is InChI=1S/C15H22N2O3/c1-4-12(17-11-8-15(18)16-9-11)10-5-6-13(19-2)14(7-10)20-3/h5-7,11-12,17H,4,8-9H2,1-3H3,(H,16,18). The fourth-order valence-electron chi connectivity index (χ4n) is 2.53. The maximum Gasteiger partial charge on any atom is 0.221 e. The number of ether oxygens (including phenoxy) is 2. The van der Waals surface area contributed by atoms with Crippen molar-refractivity contribution < 1.29 is 14.3 Å². The summed E-state index contributed by atoms with van der Waals surface area (Å²) in [5, 5.41) is 6.37. The predicted octanol–water partition coefficient (Wildman–Crippen LogP) is 1.63. The van der Waals surface area contributed by atoms with Crippen LogP contribution in [-0.4, -0.2) is 32.7 Å². The van der Waals surface area contributed by atoms with Gasteiger partial charge in [0.15, 0.2) is 11.5 Å². The second-order valence-corrected chi connectivity index (χ2v) is 4.95. The van der Waals surface area contributed by atoms with Gasteiger partial charge in [-0.05, 0) is 24.1 Å². The lowest BCUT2D eigenvalue weighted by atomic mass is 10.0. The fourth-order valence-corrected chi connectivity index (χ4v) is 2.53. The molecule has 0 aliphatic carbocycles. The molecule has 0 spiro atoms. The van der Waals surface area contributed by atoms with Crippen molar-refractivity contribution in [2.45, 2.75) is 31.8 Å². The zero-order valence-electron chi connectivity index (χ0n) is 12.2. The van der Waals surface area contributed by atoms with Crippen molar-refractivity contribution in [3.63, 3.8) is 0 Å². The first kappa shape index (κ1) is 14.7. The minimum Gasteiger partial charge on any atom is -0.493 e. The molecule has 110 valence electrons. The fraction of sp³-hybridized carbons (Fsp3) is 0.533. The van der Waals surface area contributed by atoms with Crippen LogP contribution in [-0.2, 0) is 4.79 Å². The van der Waals surface area contributed by atoms with E-state index in [0.717, 1.165) is 23.5 Å². The Morgan fingerprint density at radius 2 is 2.10 bits per heavy atom. The first-order chi connectivity index (χ1) is 9.67. The molecule has 0 saturated carbocycles. The average Bonchev–Trinajstić information content (AvgIpc) is 2.89. The lowest BCUT2D eigenvalue weighted by Gasteiger charge is -2.22. The number of carbonyl (C=O) groups excluding carboxylic acids is 1. The molecule has 1 fully saturated rings. The lowest BCUT2D eigenvalue weighted by Crippen LogP contribution is -2.34. The van der Waals surface area contributed by atoms with Crippen molar-refractivity contribution >= 4 is 5.91 Å². The number of nitrogens with one attached hydrogen (secondary N) is 2. The Bertz CT molecular complexity index is 476. The van der Waals surface area contributed by atoms with Crippen LogP contribution in [0.15, 0.2) is 18.2 Å². The number of hydrogen-bond acceptors (Lipinski definition) is 4. The zero-order chi connectivity index (χ0) is 14.5. The molecule has 2 unspecified atom stereocenters. The first-order valence-electron chi connectivity index (χ1n) is 6.92. The van der Waals surface area contributed by atoms with Gasteiger partial charge in [-0.2, -0.15) is 0 Å². The normalized spacial score (nSPS) is 19.6. The van der Waals surface area contributed by atoms with Gasteiger partial charge in [0, 0.05) is 25.0 Å². The van der Waals surface area contributed by atoms with E-state index in [1.807, 2.05) is 18.2 Å². The third kappa shape index (κ3) is 3.22. The molecule has 1 heterocycles. The number of benzene rings is 1. The van der Waals surface area contributed by atoms with Crippen molar-refractivity contribution in [3.8, 4) is 11.5 Å². The SMILES string of the molecule is CCC(NC1CNC(=O)C1)c1ccc(OC)c(OC)c1. The molecule has 0 radical (unpaired) electrons. The van der Waals surface area contributed by atoms with Gasteiger partial charge >= 0.3 is 0 Å². The predicted molar refractivity (Wildman–Crippen MR) is 77.1 cm³/mol. The van der Waals surface area contributed by atoms with E-state index in [-0.39, 0.29) is 18.0 Å². The second-order valence-electron chi connectivity index (χ2n) is 4.95. The molecule has 5 heteroatoms. The molecular weight excluding hydrogens is 256 g/mol. The monoisotopic (exact) mass is 278 g/mol. The summed E-state index contributed by atoms with van der Waals surface area (Å²) in [6, 6.07) is 6.33. The van der Waals surface area contributed by atoms with Crippen LogP contribution in [0.25, 0.3) is 0 Å². The van der Waals surface area contributed by atoms with E-state index < -0.39 is 0 Å². The summed E-state index contributed by atoms with van der Waals surface area (Å²) >= 11 is 0. The Balaban J connectivity index is 2.12. The number of carbonyl (C=O) groups is 1. The Morgan fingerprint density at radius 1 is 1.35 bits per heavy atom. The maximum atomic E-state index is 11.3. The van der Waals surface area contributed by atoms with E-state index in [9.17, 15) is 4.79 Å². The van der Waals surface area contributed by atoms with Gasteiger partial charge < -0.3 is 20.1 Å². The number of methoxy groups -OCH3 is 2. The van der Waals surface area contributed by atoms with Gasteiger partial charge in [-0.3, -0.25) is 4.79 Å². The van der Waals surface area contributed by atoms with E-state index in [2.05, 4.69) is 17.6 Å². The molecule has 1 aromatic rings. The smallest absolute Gasteiger partial charge is 0.221 e. The minimum atomic E-state index is 0.115. The lowest BCUT2D eigenvalue weighted by molar-refractivity contribution is -0.119. The highest BCUT2D eigenvalue weighted by atomic mass is 16.5. The Labute approximate surface area is 119 Å². The maximum absolute atomic E-state index is 11.3. The van der Waals surface area contributed by atoms with Gasteiger partial charge in [0.25, 0.3) is 0 Å². The topological polar surface area (TPSA) is 59.6 Å². The van der Waals surface area contributed by atoms with Crippen LogP contribution >= 0.6 is 0 Å². The average molecular weight is 278 g/mol. The van der Waals surface area contributed by atoms with Crippen LogP contribution in [0.2, 0.25) is 0 Å². The molecule has 2 N–H and O–H groups in total. The van der Waals surface area contributed by atoms with Crippen LogP contribution in [0.5, 0.6) is 11.5 Å². The molecule has 0 bridgehead atoms. The number of amides is 1. The molecule has 2 atom stereocenters. The molecule has 1 aliphatic heterocycles. The highest BCUT2D eigenvalue weighted by molar-refractivity contribution is 5.78. The summed E-state index contributed by atoms with van der Waals surface area (Å²) in [5.41, 5.74) is 1.14. The van der Waals surface area contributed by atoms with Crippen molar-refractivity contribution in [3.05, 3.63) is 23.8 Å². The molecular formula is C15H22N2O3. The van der Waals surface area contributed by atoms with Crippen molar-refractivity contribution in [2.24, 2.45) is 0 Å². The van der Waals surface area contributed by atoms with E-state index in [0.29, 0.717) is 13.0 Å². The first-order valence-corrected chi connectivity index (χ1v) is 6.92. The highest BCUT2D eigenvalue weighted by Crippen LogP contribution is 2.31. The van der Waals surface area contributed by atoms with Gasteiger partial charge in [-0.1, -0.05) is 13.0 Å². The Kier molecular flexibility index (Phi) is 4.84. The molecule has 1 amide bonds. The summed E-state index contributed by atoms with van der Waals surface area (Å²) in [4.78, 5) is 11.3. The quantitative estimate of drug-likeness (QED) is 0.830. The van der Waals surface area contributed by atoms with Gasteiger partial charge in [0.2, 0.25) is 5.91 Å². The number of hydrogen-bond donors (Lipinski definition) is 2. The van der Waals surface area contributed by atoms with E-state index in [1.165, 1.54) is 0 Å². The molecule has 5 nitrogen and oxygen atoms in total. The van der Waals surface area contributed by atoms with Crippen LogP contribution < -0.4 is 20.1 Å². The molecule has 1 saturated heterocycles. The van der Waals surface area contributed by atoms with Crippen molar-refractivity contribution in [1.29, 1.82) is 0 Å². The Hall–Kier alpha value is -1.75. The van der Waals surface area contributed by atoms with Crippen LogP contribution in [0.4, 0.5) is 0 Å². The molecule has 1 aliphatic rings. The summed E-state index contributed by atoms with van der Waals surface area (Å²) in [7, 11) is 3.26. The third-order valence-corrected chi connectivity index (χ3v) is 3.63. The largest absolute Gasteiger partial charge is 0.493 e. The molecule has 1 aromatic carbocycles. The summed E-state index contributed by atoms with van der Waals surface area (Å²) in [6.07, 6.45) is 1.49. The summed E-state index contributed by atoms with van der Waals surface area (Å²) in [6.45, 7) is 2.82. The van der Waals surface area contributed by atoms with Crippen LogP contribution in [0.1, 0.15) is 31.4 Å². The van der Waals surface area contributed by atoms with Crippen LogP contribution in [0.3, 0.4) is 0 Å². The molecule has 0 aromatic heterocycles. The molecule has 20 heavy (non-hydrogen) atoms. The van der Waals surface area contributed by atoms with Crippen molar-refractivity contribution in [1.82, 2.24) is 10.6 Å². The van der Waals surface area contributed by atoms with Gasteiger partial charge in [0.1, 0.15) is 0 Å².